The van der Waals surface area contributed by atoms with E-state index in [1.165, 1.54) is 6.33 Å². The summed E-state index contributed by atoms with van der Waals surface area (Å²) in [6, 6.07) is 7.78. The third kappa shape index (κ3) is 3.87. The number of para-hydroxylation sites is 1. The number of benzene rings is 1. The standard InChI is InChI=1S/C17H20N6O/c1-22(17-14-5-2-3-6-15(14)20-12-21-17)11-16(24)19-7-4-9-23-10-8-18-13-23/h2-3,5-6,8,10,12-13H,4,7,9,11H2,1H3,(H,19,24). The van der Waals surface area contributed by atoms with Gasteiger partial charge in [0.2, 0.25) is 5.91 Å². The molecule has 0 fully saturated rings. The molecule has 1 aromatic carbocycles. The molecule has 124 valence electrons. The molecule has 0 aliphatic heterocycles. The van der Waals surface area contributed by atoms with Crippen LogP contribution in [0.2, 0.25) is 0 Å². The second kappa shape index (κ2) is 7.54. The first kappa shape index (κ1) is 15.9. The Kier molecular flexibility index (Phi) is 5.00. The number of aryl methyl sites for hydroxylation is 1. The van der Waals surface area contributed by atoms with Crippen LogP contribution in [-0.4, -0.2) is 45.6 Å². The van der Waals surface area contributed by atoms with Crippen LogP contribution < -0.4 is 10.2 Å². The van der Waals surface area contributed by atoms with Gasteiger partial charge in [0.05, 0.1) is 18.4 Å². The van der Waals surface area contributed by atoms with Gasteiger partial charge in [-0.2, -0.15) is 0 Å². The fourth-order valence-electron chi connectivity index (χ4n) is 2.55. The van der Waals surface area contributed by atoms with Crippen molar-refractivity contribution in [3.63, 3.8) is 0 Å². The Morgan fingerprint density at radius 3 is 3.00 bits per heavy atom. The van der Waals surface area contributed by atoms with Gasteiger partial charge in [-0.25, -0.2) is 15.0 Å². The van der Waals surface area contributed by atoms with E-state index >= 15 is 0 Å². The Balaban J connectivity index is 1.52. The van der Waals surface area contributed by atoms with Gasteiger partial charge in [-0.1, -0.05) is 12.1 Å². The van der Waals surface area contributed by atoms with E-state index in [2.05, 4.69) is 20.3 Å². The third-order valence-electron chi connectivity index (χ3n) is 3.74. The Bertz CT molecular complexity index is 796. The molecule has 7 heteroatoms. The zero-order valence-corrected chi connectivity index (χ0v) is 13.6. The average Bonchev–Trinajstić information content (AvgIpc) is 3.11. The number of anilines is 1. The van der Waals surface area contributed by atoms with Crippen LogP contribution in [0, 0.1) is 0 Å². The molecule has 0 bridgehead atoms. The molecule has 2 aromatic heterocycles. The topological polar surface area (TPSA) is 75.9 Å². The zero-order valence-electron chi connectivity index (χ0n) is 13.6. The number of hydrogen-bond acceptors (Lipinski definition) is 5. The predicted molar refractivity (Wildman–Crippen MR) is 92.7 cm³/mol. The molecule has 0 aliphatic rings. The first-order valence-electron chi connectivity index (χ1n) is 7.87. The van der Waals surface area contributed by atoms with Crippen LogP contribution in [0.1, 0.15) is 6.42 Å². The normalized spacial score (nSPS) is 10.7. The molecule has 24 heavy (non-hydrogen) atoms. The van der Waals surface area contributed by atoms with E-state index in [0.29, 0.717) is 6.54 Å². The number of nitrogens with one attached hydrogen (secondary N) is 1. The summed E-state index contributed by atoms with van der Waals surface area (Å²) >= 11 is 0. The van der Waals surface area contributed by atoms with E-state index < -0.39 is 0 Å². The molecule has 0 atom stereocenters. The quantitative estimate of drug-likeness (QED) is 0.666. The zero-order chi connectivity index (χ0) is 16.8. The summed E-state index contributed by atoms with van der Waals surface area (Å²) in [5.74, 6) is 0.736. The highest BCUT2D eigenvalue weighted by molar-refractivity contribution is 5.91. The molecule has 3 rings (SSSR count). The molecule has 1 N–H and O–H groups in total. The lowest BCUT2D eigenvalue weighted by molar-refractivity contribution is -0.119. The summed E-state index contributed by atoms with van der Waals surface area (Å²) < 4.78 is 1.99. The van der Waals surface area contributed by atoms with Crippen LogP contribution in [0.4, 0.5) is 5.82 Å². The molecule has 3 aromatic rings. The SMILES string of the molecule is CN(CC(=O)NCCCn1ccnc1)c1ncnc2ccccc12. The molecule has 0 unspecified atom stereocenters. The Hall–Kier alpha value is -2.96. The molecule has 2 heterocycles. The van der Waals surface area contributed by atoms with Crippen LogP contribution in [0.5, 0.6) is 0 Å². The Morgan fingerprint density at radius 2 is 2.17 bits per heavy atom. The maximum atomic E-state index is 12.1. The number of aromatic nitrogens is 4. The van der Waals surface area contributed by atoms with Crippen molar-refractivity contribution in [3.05, 3.63) is 49.3 Å². The summed E-state index contributed by atoms with van der Waals surface area (Å²) in [7, 11) is 1.86. The fraction of sp³-hybridized carbons (Fsp3) is 0.294. The monoisotopic (exact) mass is 324 g/mol. The summed E-state index contributed by atoms with van der Waals surface area (Å²) in [5, 5.41) is 3.88. The molecule has 0 saturated carbocycles. The minimum absolute atomic E-state index is 0.0224. The van der Waals surface area contributed by atoms with Gasteiger partial charge in [-0.05, 0) is 18.6 Å². The van der Waals surface area contributed by atoms with Crippen molar-refractivity contribution in [2.75, 3.05) is 25.0 Å². The van der Waals surface area contributed by atoms with E-state index in [-0.39, 0.29) is 12.5 Å². The maximum absolute atomic E-state index is 12.1. The largest absolute Gasteiger partial charge is 0.354 e. The number of fused-ring (bicyclic) bond motifs is 1. The number of carbonyl (C=O) groups excluding carboxylic acids is 1. The lowest BCUT2D eigenvalue weighted by atomic mass is 10.2. The second-order valence-corrected chi connectivity index (χ2v) is 5.57. The second-order valence-electron chi connectivity index (χ2n) is 5.57. The van der Waals surface area contributed by atoms with Crippen LogP contribution >= 0.6 is 0 Å². The van der Waals surface area contributed by atoms with Crippen LogP contribution in [0.15, 0.2) is 49.3 Å². The molecule has 0 aliphatic carbocycles. The van der Waals surface area contributed by atoms with E-state index in [1.807, 2.05) is 47.0 Å². The number of carbonyl (C=O) groups is 1. The van der Waals surface area contributed by atoms with Gasteiger partial charge in [0.1, 0.15) is 12.1 Å². The van der Waals surface area contributed by atoms with Gasteiger partial charge in [0.15, 0.2) is 0 Å². The number of nitrogens with zero attached hydrogens (tertiary/aromatic N) is 5. The van der Waals surface area contributed by atoms with E-state index in [0.717, 1.165) is 29.7 Å². The number of hydrogen-bond donors (Lipinski definition) is 1. The Morgan fingerprint density at radius 1 is 1.29 bits per heavy atom. The summed E-state index contributed by atoms with van der Waals surface area (Å²) in [4.78, 5) is 26.5. The molecular formula is C17H20N6O. The average molecular weight is 324 g/mol. The predicted octanol–water partition coefficient (Wildman–Crippen LogP) is 1.47. The number of rotatable bonds is 7. The van der Waals surface area contributed by atoms with Crippen LogP contribution in [0.25, 0.3) is 10.9 Å². The first-order valence-corrected chi connectivity index (χ1v) is 7.87. The van der Waals surface area contributed by atoms with E-state index in [9.17, 15) is 4.79 Å². The summed E-state index contributed by atoms with van der Waals surface area (Å²) in [6.45, 7) is 1.73. The van der Waals surface area contributed by atoms with Gasteiger partial charge in [0, 0.05) is 37.9 Å². The van der Waals surface area contributed by atoms with Crippen molar-refractivity contribution >= 4 is 22.6 Å². The fourth-order valence-corrected chi connectivity index (χ4v) is 2.55. The van der Waals surface area contributed by atoms with Crippen molar-refractivity contribution in [1.82, 2.24) is 24.8 Å². The highest BCUT2D eigenvalue weighted by Gasteiger charge is 2.11. The third-order valence-corrected chi connectivity index (χ3v) is 3.74. The summed E-state index contributed by atoms with van der Waals surface area (Å²) in [5.41, 5.74) is 0.870. The number of amides is 1. The van der Waals surface area contributed by atoms with Crippen LogP contribution in [-0.2, 0) is 11.3 Å². The van der Waals surface area contributed by atoms with Crippen molar-refractivity contribution in [2.45, 2.75) is 13.0 Å². The highest BCUT2D eigenvalue weighted by atomic mass is 16.2. The van der Waals surface area contributed by atoms with Gasteiger partial charge in [-0.3, -0.25) is 4.79 Å². The van der Waals surface area contributed by atoms with Gasteiger partial charge in [-0.15, -0.1) is 0 Å². The van der Waals surface area contributed by atoms with Gasteiger partial charge >= 0.3 is 0 Å². The molecule has 0 radical (unpaired) electrons. The molecule has 7 nitrogen and oxygen atoms in total. The molecule has 0 saturated heterocycles. The number of imidazole rings is 1. The minimum atomic E-state index is -0.0224. The number of likely N-dealkylation sites (N-methyl/N-ethyl adjacent to an activating group) is 1. The lowest BCUT2D eigenvalue weighted by Crippen LogP contribution is -2.36. The Labute approximate surface area is 140 Å². The van der Waals surface area contributed by atoms with Crippen LogP contribution in [0.3, 0.4) is 0 Å². The molecular weight excluding hydrogens is 304 g/mol. The highest BCUT2D eigenvalue weighted by Crippen LogP contribution is 2.20. The summed E-state index contributed by atoms with van der Waals surface area (Å²) in [6.07, 6.45) is 7.82. The lowest BCUT2D eigenvalue weighted by Gasteiger charge is -2.19. The van der Waals surface area contributed by atoms with Gasteiger partial charge in [0.25, 0.3) is 0 Å². The maximum Gasteiger partial charge on any atom is 0.239 e. The van der Waals surface area contributed by atoms with E-state index in [1.54, 1.807) is 12.5 Å². The smallest absolute Gasteiger partial charge is 0.239 e. The minimum Gasteiger partial charge on any atom is -0.354 e. The van der Waals surface area contributed by atoms with E-state index in [4.69, 9.17) is 0 Å². The van der Waals surface area contributed by atoms with Crippen molar-refractivity contribution < 1.29 is 4.79 Å². The molecule has 0 spiro atoms. The first-order chi connectivity index (χ1) is 11.7. The molecule has 1 amide bonds. The van der Waals surface area contributed by atoms with Crippen molar-refractivity contribution in [2.24, 2.45) is 0 Å². The van der Waals surface area contributed by atoms with Crippen molar-refractivity contribution in [1.29, 1.82) is 0 Å². The van der Waals surface area contributed by atoms with Gasteiger partial charge < -0.3 is 14.8 Å². The van der Waals surface area contributed by atoms with Crippen molar-refractivity contribution in [3.8, 4) is 0 Å².